The van der Waals surface area contributed by atoms with Gasteiger partial charge in [0.1, 0.15) is 0 Å². The summed E-state index contributed by atoms with van der Waals surface area (Å²) in [5, 5.41) is 6.34. The van der Waals surface area contributed by atoms with Gasteiger partial charge in [-0.2, -0.15) is 5.10 Å². The molecule has 3 rings (SSSR count). The van der Waals surface area contributed by atoms with E-state index in [2.05, 4.69) is 34.2 Å². The van der Waals surface area contributed by atoms with Gasteiger partial charge in [-0.1, -0.05) is 0 Å². The molecule has 0 saturated carbocycles. The number of nitrogens with two attached hydrogens (primary N) is 1. The molecular formula is C16H19N5. The largest absolute Gasteiger partial charge is 0.398 e. The van der Waals surface area contributed by atoms with Crippen molar-refractivity contribution in [3.8, 4) is 0 Å². The minimum Gasteiger partial charge on any atom is -0.398 e. The van der Waals surface area contributed by atoms with Gasteiger partial charge in [0.2, 0.25) is 0 Å². The van der Waals surface area contributed by atoms with Gasteiger partial charge < -0.3 is 10.6 Å². The summed E-state index contributed by atoms with van der Waals surface area (Å²) >= 11 is 0. The van der Waals surface area contributed by atoms with Crippen LogP contribution in [-0.4, -0.2) is 21.8 Å². The van der Waals surface area contributed by atoms with E-state index in [4.69, 9.17) is 5.73 Å². The molecule has 21 heavy (non-hydrogen) atoms. The van der Waals surface area contributed by atoms with Crippen molar-refractivity contribution in [2.24, 2.45) is 7.05 Å². The molecule has 0 spiro atoms. The highest BCUT2D eigenvalue weighted by Gasteiger charge is 2.10. The number of nitrogen functional groups attached to an aromatic ring is 1. The van der Waals surface area contributed by atoms with Crippen molar-refractivity contribution >= 4 is 22.1 Å². The molecule has 0 aliphatic rings. The first kappa shape index (κ1) is 13.4. The SMILES string of the molecule is Cc1cc2c(N(C)Cc3cnn(C)c3)ccc(N)c2cn1. The van der Waals surface area contributed by atoms with Crippen LogP contribution in [0.15, 0.2) is 36.8 Å². The van der Waals surface area contributed by atoms with Crippen LogP contribution in [0.1, 0.15) is 11.3 Å². The lowest BCUT2D eigenvalue weighted by atomic mass is 10.1. The van der Waals surface area contributed by atoms with Gasteiger partial charge in [-0.15, -0.1) is 0 Å². The molecule has 0 amide bonds. The molecule has 0 fully saturated rings. The number of nitrogens with zero attached hydrogens (tertiary/aromatic N) is 4. The summed E-state index contributed by atoms with van der Waals surface area (Å²) in [6.07, 6.45) is 5.77. The Morgan fingerprint density at radius 2 is 2.05 bits per heavy atom. The van der Waals surface area contributed by atoms with E-state index < -0.39 is 0 Å². The van der Waals surface area contributed by atoms with Gasteiger partial charge >= 0.3 is 0 Å². The van der Waals surface area contributed by atoms with Gasteiger partial charge in [-0.25, -0.2) is 0 Å². The van der Waals surface area contributed by atoms with Crippen molar-refractivity contribution in [1.82, 2.24) is 14.8 Å². The second-order valence-corrected chi connectivity index (χ2v) is 5.42. The minimum absolute atomic E-state index is 0.760. The number of hydrogen-bond acceptors (Lipinski definition) is 4. The van der Waals surface area contributed by atoms with Crippen LogP contribution in [0, 0.1) is 6.92 Å². The third-order valence-electron chi connectivity index (χ3n) is 3.64. The van der Waals surface area contributed by atoms with Crippen LogP contribution < -0.4 is 10.6 Å². The lowest BCUT2D eigenvalue weighted by Gasteiger charge is -2.21. The van der Waals surface area contributed by atoms with E-state index in [-0.39, 0.29) is 0 Å². The van der Waals surface area contributed by atoms with E-state index in [0.29, 0.717) is 0 Å². The third-order valence-corrected chi connectivity index (χ3v) is 3.64. The number of hydrogen-bond donors (Lipinski definition) is 1. The van der Waals surface area contributed by atoms with Crippen molar-refractivity contribution in [2.45, 2.75) is 13.5 Å². The van der Waals surface area contributed by atoms with E-state index in [1.54, 1.807) is 0 Å². The molecule has 2 N–H and O–H groups in total. The zero-order valence-corrected chi connectivity index (χ0v) is 12.5. The van der Waals surface area contributed by atoms with Crippen LogP contribution in [0.5, 0.6) is 0 Å². The van der Waals surface area contributed by atoms with Crippen molar-refractivity contribution in [3.63, 3.8) is 0 Å². The minimum atomic E-state index is 0.760. The summed E-state index contributed by atoms with van der Waals surface area (Å²) in [5.74, 6) is 0. The number of benzene rings is 1. The third kappa shape index (κ3) is 2.54. The first-order valence-corrected chi connectivity index (χ1v) is 6.88. The Morgan fingerprint density at radius 1 is 1.24 bits per heavy atom. The molecule has 0 bridgehead atoms. The Morgan fingerprint density at radius 3 is 2.76 bits per heavy atom. The Bertz CT molecular complexity index is 790. The fraction of sp³-hybridized carbons (Fsp3) is 0.250. The zero-order chi connectivity index (χ0) is 15.0. The molecule has 5 nitrogen and oxygen atoms in total. The molecule has 2 heterocycles. The lowest BCUT2D eigenvalue weighted by Crippen LogP contribution is -2.16. The maximum absolute atomic E-state index is 6.06. The van der Waals surface area contributed by atoms with Gasteiger partial charge in [-0.3, -0.25) is 9.67 Å². The van der Waals surface area contributed by atoms with Gasteiger partial charge in [0.15, 0.2) is 0 Å². The second-order valence-electron chi connectivity index (χ2n) is 5.42. The Kier molecular flexibility index (Phi) is 3.25. The molecule has 0 radical (unpaired) electrons. The van der Waals surface area contributed by atoms with E-state index in [1.165, 1.54) is 5.56 Å². The predicted octanol–water partition coefficient (Wildman–Crippen LogP) is 2.50. The highest BCUT2D eigenvalue weighted by Crippen LogP contribution is 2.31. The molecule has 0 atom stereocenters. The molecule has 3 aromatic rings. The van der Waals surface area contributed by atoms with Crippen LogP contribution >= 0.6 is 0 Å². The first-order chi connectivity index (χ1) is 10.0. The van der Waals surface area contributed by atoms with Gasteiger partial charge in [0.25, 0.3) is 0 Å². The summed E-state index contributed by atoms with van der Waals surface area (Å²) in [4.78, 5) is 6.55. The molecule has 0 aliphatic heterocycles. The van der Waals surface area contributed by atoms with Crippen LogP contribution in [0.3, 0.4) is 0 Å². The van der Waals surface area contributed by atoms with Crippen molar-refractivity contribution in [2.75, 3.05) is 17.7 Å². The average molecular weight is 281 g/mol. The predicted molar refractivity (Wildman–Crippen MR) is 86.2 cm³/mol. The van der Waals surface area contributed by atoms with E-state index >= 15 is 0 Å². The quantitative estimate of drug-likeness (QED) is 0.749. The smallest absolute Gasteiger partial charge is 0.0539 e. The molecule has 0 aliphatic carbocycles. The van der Waals surface area contributed by atoms with Crippen LogP contribution in [-0.2, 0) is 13.6 Å². The summed E-state index contributed by atoms with van der Waals surface area (Å²) in [6.45, 7) is 2.79. The van der Waals surface area contributed by atoms with Gasteiger partial charge in [0, 0.05) is 66.4 Å². The van der Waals surface area contributed by atoms with Gasteiger partial charge in [-0.05, 0) is 25.1 Å². The number of fused-ring (bicyclic) bond motifs is 1. The summed E-state index contributed by atoms with van der Waals surface area (Å²) < 4.78 is 1.82. The molecule has 108 valence electrons. The van der Waals surface area contributed by atoms with Crippen LogP contribution in [0.25, 0.3) is 10.8 Å². The van der Waals surface area contributed by atoms with E-state index in [1.807, 2.05) is 43.3 Å². The molecule has 0 unspecified atom stereocenters. The number of aromatic nitrogens is 3. The molecular weight excluding hydrogens is 262 g/mol. The van der Waals surface area contributed by atoms with Gasteiger partial charge in [0.05, 0.1) is 6.20 Å². The van der Waals surface area contributed by atoms with E-state index in [9.17, 15) is 0 Å². The van der Waals surface area contributed by atoms with E-state index in [0.717, 1.165) is 34.4 Å². The fourth-order valence-corrected chi connectivity index (χ4v) is 2.60. The Labute approximate surface area is 124 Å². The molecule has 0 saturated heterocycles. The van der Waals surface area contributed by atoms with Crippen LogP contribution in [0.2, 0.25) is 0 Å². The van der Waals surface area contributed by atoms with Crippen molar-refractivity contribution < 1.29 is 0 Å². The highest BCUT2D eigenvalue weighted by molar-refractivity contribution is 6.01. The van der Waals surface area contributed by atoms with Crippen molar-refractivity contribution in [1.29, 1.82) is 0 Å². The topological polar surface area (TPSA) is 60.0 Å². The zero-order valence-electron chi connectivity index (χ0n) is 12.5. The monoisotopic (exact) mass is 281 g/mol. The normalized spacial score (nSPS) is 11.0. The molecule has 1 aromatic carbocycles. The molecule has 2 aromatic heterocycles. The Balaban J connectivity index is 2.03. The maximum Gasteiger partial charge on any atom is 0.0539 e. The average Bonchev–Trinajstić information content (AvgIpc) is 2.84. The number of pyridine rings is 1. The molecule has 5 heteroatoms. The fourth-order valence-electron chi connectivity index (χ4n) is 2.60. The van der Waals surface area contributed by atoms with Crippen molar-refractivity contribution in [3.05, 3.63) is 48.0 Å². The lowest BCUT2D eigenvalue weighted by molar-refractivity contribution is 0.766. The first-order valence-electron chi connectivity index (χ1n) is 6.88. The second kappa shape index (κ2) is 5.09. The van der Waals surface area contributed by atoms with Crippen LogP contribution in [0.4, 0.5) is 11.4 Å². The summed E-state index contributed by atoms with van der Waals surface area (Å²) in [6, 6.07) is 6.09. The number of anilines is 2. The summed E-state index contributed by atoms with van der Waals surface area (Å²) in [7, 11) is 4.00. The number of aryl methyl sites for hydroxylation is 2. The number of rotatable bonds is 3. The maximum atomic E-state index is 6.06. The highest BCUT2D eigenvalue weighted by atomic mass is 15.2. The summed E-state index contributed by atoms with van der Waals surface area (Å²) in [5.41, 5.74) is 10.1. The Hall–Kier alpha value is -2.56. The standard InChI is InChI=1S/C16H19N5/c1-11-6-13-14(8-18-11)15(17)4-5-16(13)20(2)9-12-7-19-21(3)10-12/h4-8,10H,9,17H2,1-3H3.